The SMILES string of the molecule is CCCNc1nc(C)c(C)nc1-c1cccc(C)c1. The molecule has 2 aromatic rings. The van der Waals surface area contributed by atoms with Gasteiger partial charge in [0.25, 0.3) is 0 Å². The lowest BCUT2D eigenvalue weighted by molar-refractivity contribution is 0.953. The molecular formula is C16H21N3. The lowest BCUT2D eigenvalue weighted by Gasteiger charge is -2.13. The van der Waals surface area contributed by atoms with E-state index >= 15 is 0 Å². The Kier molecular flexibility index (Phi) is 4.15. The van der Waals surface area contributed by atoms with Crippen molar-refractivity contribution in [3.8, 4) is 11.3 Å². The van der Waals surface area contributed by atoms with Crippen molar-refractivity contribution in [1.82, 2.24) is 9.97 Å². The van der Waals surface area contributed by atoms with Crippen LogP contribution in [0.25, 0.3) is 11.3 Å². The van der Waals surface area contributed by atoms with Crippen molar-refractivity contribution in [2.24, 2.45) is 0 Å². The number of anilines is 1. The minimum atomic E-state index is 0.885. The van der Waals surface area contributed by atoms with Gasteiger partial charge in [-0.25, -0.2) is 9.97 Å². The highest BCUT2D eigenvalue weighted by Gasteiger charge is 2.10. The topological polar surface area (TPSA) is 37.8 Å². The Labute approximate surface area is 115 Å². The van der Waals surface area contributed by atoms with Gasteiger partial charge in [-0.2, -0.15) is 0 Å². The molecule has 0 saturated heterocycles. The Morgan fingerprint density at radius 3 is 2.47 bits per heavy atom. The predicted molar refractivity (Wildman–Crippen MR) is 80.5 cm³/mol. The van der Waals surface area contributed by atoms with Gasteiger partial charge in [0, 0.05) is 12.1 Å². The Balaban J connectivity index is 2.50. The van der Waals surface area contributed by atoms with E-state index < -0.39 is 0 Å². The summed E-state index contributed by atoms with van der Waals surface area (Å²) in [4.78, 5) is 9.35. The number of benzene rings is 1. The number of hydrogen-bond acceptors (Lipinski definition) is 3. The van der Waals surface area contributed by atoms with Crippen molar-refractivity contribution in [2.45, 2.75) is 34.1 Å². The van der Waals surface area contributed by atoms with Crippen molar-refractivity contribution >= 4 is 5.82 Å². The third-order valence-electron chi connectivity index (χ3n) is 3.14. The van der Waals surface area contributed by atoms with Crippen LogP contribution >= 0.6 is 0 Å². The summed E-state index contributed by atoms with van der Waals surface area (Å²) in [6.07, 6.45) is 1.07. The van der Waals surface area contributed by atoms with Gasteiger partial charge in [0.1, 0.15) is 5.69 Å². The van der Waals surface area contributed by atoms with Gasteiger partial charge in [0.15, 0.2) is 5.82 Å². The number of rotatable bonds is 4. The molecule has 1 aromatic heterocycles. The molecule has 0 aliphatic rings. The molecule has 0 atom stereocenters. The van der Waals surface area contributed by atoms with Crippen LogP contribution in [0.15, 0.2) is 24.3 Å². The quantitative estimate of drug-likeness (QED) is 0.900. The maximum atomic E-state index is 4.71. The molecule has 3 nitrogen and oxygen atoms in total. The Bertz CT molecular complexity index is 576. The van der Waals surface area contributed by atoms with Gasteiger partial charge < -0.3 is 5.32 Å². The van der Waals surface area contributed by atoms with Gasteiger partial charge in [-0.1, -0.05) is 30.7 Å². The molecule has 0 spiro atoms. The molecular weight excluding hydrogens is 234 g/mol. The summed E-state index contributed by atoms with van der Waals surface area (Å²) in [5, 5.41) is 3.38. The van der Waals surface area contributed by atoms with E-state index in [1.807, 2.05) is 13.8 Å². The monoisotopic (exact) mass is 255 g/mol. The van der Waals surface area contributed by atoms with Crippen molar-refractivity contribution in [3.63, 3.8) is 0 Å². The first kappa shape index (κ1) is 13.5. The molecule has 0 amide bonds. The van der Waals surface area contributed by atoms with Gasteiger partial charge in [0.05, 0.1) is 11.4 Å². The summed E-state index contributed by atoms with van der Waals surface area (Å²) in [6.45, 7) is 9.16. The summed E-state index contributed by atoms with van der Waals surface area (Å²) >= 11 is 0. The fraction of sp³-hybridized carbons (Fsp3) is 0.375. The summed E-state index contributed by atoms with van der Waals surface area (Å²) in [7, 11) is 0. The Hall–Kier alpha value is -1.90. The largest absolute Gasteiger partial charge is 0.368 e. The fourth-order valence-electron chi connectivity index (χ4n) is 1.96. The number of aryl methyl sites for hydroxylation is 3. The van der Waals surface area contributed by atoms with E-state index in [1.165, 1.54) is 5.56 Å². The van der Waals surface area contributed by atoms with Crippen molar-refractivity contribution in [1.29, 1.82) is 0 Å². The first-order valence-electron chi connectivity index (χ1n) is 6.78. The van der Waals surface area contributed by atoms with Crippen LogP contribution in [0.4, 0.5) is 5.82 Å². The van der Waals surface area contributed by atoms with Crippen LogP contribution in [0, 0.1) is 20.8 Å². The molecule has 0 aliphatic heterocycles. The maximum Gasteiger partial charge on any atom is 0.152 e. The molecule has 1 aromatic carbocycles. The van der Waals surface area contributed by atoms with E-state index in [1.54, 1.807) is 0 Å². The first-order chi connectivity index (χ1) is 9.11. The number of hydrogen-bond donors (Lipinski definition) is 1. The van der Waals surface area contributed by atoms with E-state index in [-0.39, 0.29) is 0 Å². The molecule has 3 heteroatoms. The molecule has 2 rings (SSSR count). The molecule has 100 valence electrons. The number of aromatic nitrogens is 2. The lowest BCUT2D eigenvalue weighted by Crippen LogP contribution is -2.07. The zero-order chi connectivity index (χ0) is 13.8. The highest BCUT2D eigenvalue weighted by atomic mass is 15.0. The minimum Gasteiger partial charge on any atom is -0.368 e. The first-order valence-corrected chi connectivity index (χ1v) is 6.78. The summed E-state index contributed by atoms with van der Waals surface area (Å²) in [5.74, 6) is 0.885. The second kappa shape index (κ2) is 5.83. The highest BCUT2D eigenvalue weighted by Crippen LogP contribution is 2.26. The predicted octanol–water partition coefficient (Wildman–Crippen LogP) is 3.89. The van der Waals surface area contributed by atoms with Crippen LogP contribution in [0.5, 0.6) is 0 Å². The standard InChI is InChI=1S/C16H21N3/c1-5-9-17-16-15(18-12(3)13(4)19-16)14-8-6-7-11(2)10-14/h6-8,10H,5,9H2,1-4H3,(H,17,19). The van der Waals surface area contributed by atoms with Crippen LogP contribution in [0.1, 0.15) is 30.3 Å². The lowest BCUT2D eigenvalue weighted by atomic mass is 10.1. The van der Waals surface area contributed by atoms with Gasteiger partial charge in [-0.3, -0.25) is 0 Å². The molecule has 1 N–H and O–H groups in total. The van der Waals surface area contributed by atoms with Gasteiger partial charge in [-0.15, -0.1) is 0 Å². The van der Waals surface area contributed by atoms with E-state index in [2.05, 4.69) is 48.4 Å². The number of nitrogens with zero attached hydrogens (tertiary/aromatic N) is 2. The smallest absolute Gasteiger partial charge is 0.152 e. The Morgan fingerprint density at radius 2 is 1.79 bits per heavy atom. The molecule has 0 unspecified atom stereocenters. The number of nitrogens with one attached hydrogen (secondary N) is 1. The zero-order valence-electron chi connectivity index (χ0n) is 12.1. The third-order valence-corrected chi connectivity index (χ3v) is 3.14. The summed E-state index contributed by atoms with van der Waals surface area (Å²) in [5.41, 5.74) is 5.27. The van der Waals surface area contributed by atoms with Crippen LogP contribution in [0.2, 0.25) is 0 Å². The zero-order valence-corrected chi connectivity index (χ0v) is 12.1. The second-order valence-corrected chi connectivity index (χ2v) is 4.89. The second-order valence-electron chi connectivity index (χ2n) is 4.89. The van der Waals surface area contributed by atoms with Gasteiger partial charge >= 0.3 is 0 Å². The van der Waals surface area contributed by atoms with Crippen LogP contribution in [0.3, 0.4) is 0 Å². The average molecular weight is 255 g/mol. The Morgan fingerprint density at radius 1 is 1.05 bits per heavy atom. The summed E-state index contributed by atoms with van der Waals surface area (Å²) in [6, 6.07) is 8.39. The maximum absolute atomic E-state index is 4.71. The van der Waals surface area contributed by atoms with Crippen molar-refractivity contribution in [3.05, 3.63) is 41.2 Å². The van der Waals surface area contributed by atoms with E-state index in [9.17, 15) is 0 Å². The van der Waals surface area contributed by atoms with E-state index in [0.29, 0.717) is 0 Å². The fourth-order valence-corrected chi connectivity index (χ4v) is 1.96. The van der Waals surface area contributed by atoms with Crippen LogP contribution in [-0.2, 0) is 0 Å². The molecule has 0 radical (unpaired) electrons. The van der Waals surface area contributed by atoms with Gasteiger partial charge in [0.2, 0.25) is 0 Å². The van der Waals surface area contributed by atoms with Crippen molar-refractivity contribution in [2.75, 3.05) is 11.9 Å². The highest BCUT2D eigenvalue weighted by molar-refractivity contribution is 5.72. The van der Waals surface area contributed by atoms with Crippen molar-refractivity contribution < 1.29 is 0 Å². The molecule has 0 fully saturated rings. The molecule has 0 saturated carbocycles. The molecule has 19 heavy (non-hydrogen) atoms. The molecule has 0 bridgehead atoms. The third kappa shape index (κ3) is 3.11. The average Bonchev–Trinajstić information content (AvgIpc) is 2.39. The normalized spacial score (nSPS) is 10.5. The van der Waals surface area contributed by atoms with E-state index in [4.69, 9.17) is 4.98 Å². The minimum absolute atomic E-state index is 0.885. The van der Waals surface area contributed by atoms with E-state index in [0.717, 1.165) is 41.4 Å². The van der Waals surface area contributed by atoms with Gasteiger partial charge in [-0.05, 0) is 33.3 Å². The molecule has 1 heterocycles. The van der Waals surface area contributed by atoms with Crippen LogP contribution in [-0.4, -0.2) is 16.5 Å². The summed E-state index contributed by atoms with van der Waals surface area (Å²) < 4.78 is 0. The molecule has 0 aliphatic carbocycles. The van der Waals surface area contributed by atoms with Crippen LogP contribution < -0.4 is 5.32 Å².